The second-order valence-corrected chi connectivity index (χ2v) is 8.51. The molecule has 7 nitrogen and oxygen atoms in total. The highest BCUT2D eigenvalue weighted by Gasteiger charge is 2.22. The fraction of sp³-hybridized carbons (Fsp3) is 0.296. The Balaban J connectivity index is 1.77. The van der Waals surface area contributed by atoms with E-state index in [2.05, 4.69) is 5.32 Å². The number of benzene rings is 2. The molecule has 0 radical (unpaired) electrons. The number of rotatable bonds is 7. The predicted molar refractivity (Wildman–Crippen MR) is 130 cm³/mol. The van der Waals surface area contributed by atoms with E-state index in [1.165, 1.54) is 0 Å². The van der Waals surface area contributed by atoms with Crippen LogP contribution < -0.4 is 10.9 Å². The Labute approximate surface area is 196 Å². The third kappa shape index (κ3) is 4.09. The summed E-state index contributed by atoms with van der Waals surface area (Å²) >= 11 is 0. The van der Waals surface area contributed by atoms with E-state index in [-0.39, 0.29) is 19.3 Å². The minimum absolute atomic E-state index is 0.0117. The summed E-state index contributed by atoms with van der Waals surface area (Å²) in [6.45, 7) is 7.32. The molecule has 34 heavy (non-hydrogen) atoms. The van der Waals surface area contributed by atoms with E-state index in [1.54, 1.807) is 6.92 Å². The average molecular weight is 462 g/mol. The van der Waals surface area contributed by atoms with Crippen molar-refractivity contribution >= 4 is 33.8 Å². The monoisotopic (exact) mass is 461 g/mol. The number of furan rings is 1. The van der Waals surface area contributed by atoms with Gasteiger partial charge in [0.05, 0.1) is 0 Å². The number of hydrogen-bond donors (Lipinski definition) is 2. The van der Waals surface area contributed by atoms with Crippen molar-refractivity contribution in [1.82, 2.24) is 5.32 Å². The van der Waals surface area contributed by atoms with E-state index in [0.29, 0.717) is 16.7 Å². The van der Waals surface area contributed by atoms with Crippen molar-refractivity contribution in [3.63, 3.8) is 0 Å². The Morgan fingerprint density at radius 3 is 2.32 bits per heavy atom. The van der Waals surface area contributed by atoms with Gasteiger partial charge in [0.15, 0.2) is 0 Å². The highest BCUT2D eigenvalue weighted by atomic mass is 16.4. The molecule has 2 heterocycles. The standard InChI is InChI=1S/C27H27NO6/c1-5-21(26(30)31)28-22(29)12-11-18-14(2)19-13-20-23(17-9-7-6-8-10-17)16(4)33-25(20)15(3)24(19)34-27(18)32/h6-10,13,21H,5,11-12H2,1-4H3,(H,28,29)(H,30,31)/t21-/m0/s1. The molecular formula is C27H27NO6. The molecule has 2 aromatic heterocycles. The average Bonchev–Trinajstić information content (AvgIpc) is 3.14. The molecule has 7 heteroatoms. The summed E-state index contributed by atoms with van der Waals surface area (Å²) < 4.78 is 11.8. The van der Waals surface area contributed by atoms with Crippen LogP contribution in [0.2, 0.25) is 0 Å². The van der Waals surface area contributed by atoms with Crippen LogP contribution in [0.25, 0.3) is 33.1 Å². The topological polar surface area (TPSA) is 110 Å². The molecule has 0 spiro atoms. The van der Waals surface area contributed by atoms with Crippen LogP contribution in [0.4, 0.5) is 0 Å². The van der Waals surface area contributed by atoms with Gasteiger partial charge < -0.3 is 19.3 Å². The second-order valence-electron chi connectivity index (χ2n) is 8.51. The van der Waals surface area contributed by atoms with Gasteiger partial charge in [-0.3, -0.25) is 4.79 Å². The molecule has 2 aromatic carbocycles. The number of carboxylic acid groups (broad SMARTS) is 1. The van der Waals surface area contributed by atoms with Crippen molar-refractivity contribution in [3.8, 4) is 11.1 Å². The van der Waals surface area contributed by atoms with E-state index in [4.69, 9.17) is 13.9 Å². The number of hydrogen-bond acceptors (Lipinski definition) is 5. The van der Waals surface area contributed by atoms with Gasteiger partial charge in [-0.1, -0.05) is 37.3 Å². The van der Waals surface area contributed by atoms with Crippen LogP contribution in [0.3, 0.4) is 0 Å². The van der Waals surface area contributed by atoms with Crippen LogP contribution in [0, 0.1) is 20.8 Å². The molecule has 0 saturated heterocycles. The lowest BCUT2D eigenvalue weighted by Crippen LogP contribution is -2.40. The van der Waals surface area contributed by atoms with Crippen LogP contribution in [0.1, 0.15) is 42.2 Å². The third-order valence-corrected chi connectivity index (χ3v) is 6.34. The summed E-state index contributed by atoms with van der Waals surface area (Å²) in [6.07, 6.45) is 0.419. The summed E-state index contributed by atoms with van der Waals surface area (Å²) in [6, 6.07) is 11.0. The summed E-state index contributed by atoms with van der Waals surface area (Å²) in [7, 11) is 0. The molecule has 0 aliphatic carbocycles. The maximum atomic E-state index is 12.8. The van der Waals surface area contributed by atoms with E-state index >= 15 is 0 Å². The maximum absolute atomic E-state index is 12.8. The normalized spacial score (nSPS) is 12.2. The van der Waals surface area contributed by atoms with Gasteiger partial charge in [-0.25, -0.2) is 9.59 Å². The first-order valence-electron chi connectivity index (χ1n) is 11.3. The number of carboxylic acids is 1. The lowest BCUT2D eigenvalue weighted by molar-refractivity contribution is -0.141. The first-order valence-corrected chi connectivity index (χ1v) is 11.3. The van der Waals surface area contributed by atoms with Crippen LogP contribution in [-0.2, 0) is 16.0 Å². The Morgan fingerprint density at radius 2 is 1.68 bits per heavy atom. The van der Waals surface area contributed by atoms with Gasteiger partial charge in [0.25, 0.3) is 0 Å². The van der Waals surface area contributed by atoms with E-state index in [0.717, 1.165) is 38.8 Å². The minimum Gasteiger partial charge on any atom is -0.480 e. The Morgan fingerprint density at radius 1 is 1.00 bits per heavy atom. The number of fused-ring (bicyclic) bond motifs is 2. The van der Waals surface area contributed by atoms with Gasteiger partial charge >= 0.3 is 11.6 Å². The quantitative estimate of drug-likeness (QED) is 0.373. The summed E-state index contributed by atoms with van der Waals surface area (Å²) in [5.41, 5.74) is 4.57. The lowest BCUT2D eigenvalue weighted by Gasteiger charge is -2.13. The fourth-order valence-electron chi connectivity index (χ4n) is 4.47. The van der Waals surface area contributed by atoms with Gasteiger partial charge in [-0.05, 0) is 50.8 Å². The predicted octanol–water partition coefficient (Wildman–Crippen LogP) is 5.04. The largest absolute Gasteiger partial charge is 0.480 e. The Hall–Kier alpha value is -3.87. The molecule has 176 valence electrons. The molecule has 0 aliphatic heterocycles. The smallest absolute Gasteiger partial charge is 0.339 e. The zero-order valence-corrected chi connectivity index (χ0v) is 19.7. The van der Waals surface area contributed by atoms with E-state index < -0.39 is 23.5 Å². The highest BCUT2D eigenvalue weighted by Crippen LogP contribution is 2.39. The van der Waals surface area contributed by atoms with Crippen LogP contribution >= 0.6 is 0 Å². The SMILES string of the molecule is CC[C@H](NC(=O)CCc1c(C)c2cc3c(-c4ccccc4)c(C)oc3c(C)c2oc1=O)C(=O)O. The Kier molecular flexibility index (Phi) is 6.28. The lowest BCUT2D eigenvalue weighted by atomic mass is 9.96. The molecular weight excluding hydrogens is 434 g/mol. The van der Waals surface area contributed by atoms with Gasteiger partial charge in [0.2, 0.25) is 5.91 Å². The minimum atomic E-state index is -1.08. The molecule has 4 aromatic rings. The van der Waals surface area contributed by atoms with Crippen molar-refractivity contribution in [2.45, 2.75) is 53.0 Å². The van der Waals surface area contributed by atoms with Crippen LogP contribution in [0.5, 0.6) is 0 Å². The van der Waals surface area contributed by atoms with Crippen molar-refractivity contribution in [2.24, 2.45) is 0 Å². The van der Waals surface area contributed by atoms with Crippen molar-refractivity contribution in [1.29, 1.82) is 0 Å². The van der Waals surface area contributed by atoms with E-state index in [1.807, 2.05) is 57.2 Å². The summed E-state index contributed by atoms with van der Waals surface area (Å²) in [4.78, 5) is 36.3. The molecule has 1 amide bonds. The number of nitrogens with one attached hydrogen (secondary N) is 1. The Bertz CT molecular complexity index is 1460. The molecule has 0 unspecified atom stereocenters. The van der Waals surface area contributed by atoms with Crippen molar-refractivity contribution in [2.75, 3.05) is 0 Å². The van der Waals surface area contributed by atoms with Crippen LogP contribution in [-0.4, -0.2) is 23.0 Å². The number of aryl methyl sites for hydroxylation is 3. The fourth-order valence-corrected chi connectivity index (χ4v) is 4.47. The molecule has 1 atom stereocenters. The van der Waals surface area contributed by atoms with Gasteiger partial charge in [-0.15, -0.1) is 0 Å². The molecule has 0 bridgehead atoms. The zero-order chi connectivity index (χ0) is 24.6. The molecule has 0 aliphatic rings. The number of amides is 1. The molecule has 0 saturated carbocycles. The number of carbonyl (C=O) groups excluding carboxylic acids is 1. The third-order valence-electron chi connectivity index (χ3n) is 6.34. The van der Waals surface area contributed by atoms with Gasteiger partial charge in [0.1, 0.15) is 23.0 Å². The van der Waals surface area contributed by atoms with E-state index in [9.17, 15) is 14.4 Å². The number of aliphatic carboxylic acids is 1. The molecule has 0 fully saturated rings. The summed E-state index contributed by atoms with van der Waals surface area (Å²) in [5, 5.41) is 13.4. The molecule has 4 rings (SSSR count). The van der Waals surface area contributed by atoms with Crippen molar-refractivity contribution < 1.29 is 23.5 Å². The van der Waals surface area contributed by atoms with Crippen molar-refractivity contribution in [3.05, 3.63) is 69.3 Å². The molecule has 2 N–H and O–H groups in total. The van der Waals surface area contributed by atoms with Gasteiger partial charge in [-0.2, -0.15) is 0 Å². The number of carbonyl (C=O) groups is 2. The second kappa shape index (κ2) is 9.17. The first-order chi connectivity index (χ1) is 16.2. The zero-order valence-electron chi connectivity index (χ0n) is 19.7. The first kappa shape index (κ1) is 23.3. The van der Waals surface area contributed by atoms with Gasteiger partial charge in [0, 0.05) is 33.9 Å². The highest BCUT2D eigenvalue weighted by molar-refractivity contribution is 6.05. The maximum Gasteiger partial charge on any atom is 0.339 e. The van der Waals surface area contributed by atoms with Crippen LogP contribution in [0.15, 0.2) is 50.0 Å². The summed E-state index contributed by atoms with van der Waals surface area (Å²) in [5.74, 6) is -0.724.